The van der Waals surface area contributed by atoms with Crippen molar-refractivity contribution in [1.29, 1.82) is 0 Å². The first-order valence-corrected chi connectivity index (χ1v) is 5.59. The van der Waals surface area contributed by atoms with Gasteiger partial charge in [-0.2, -0.15) is 0 Å². The van der Waals surface area contributed by atoms with Crippen molar-refractivity contribution in [3.63, 3.8) is 0 Å². The Morgan fingerprint density at radius 1 is 1.62 bits per heavy atom. The first kappa shape index (κ1) is 12.7. The van der Waals surface area contributed by atoms with E-state index in [1.165, 1.54) is 0 Å². The van der Waals surface area contributed by atoms with Crippen molar-refractivity contribution in [2.24, 2.45) is 5.73 Å². The van der Waals surface area contributed by atoms with Crippen LogP contribution in [0.5, 0.6) is 0 Å². The molecule has 1 heterocycles. The third-order valence-electron chi connectivity index (χ3n) is 2.69. The van der Waals surface area contributed by atoms with Gasteiger partial charge >= 0.3 is 0 Å². The van der Waals surface area contributed by atoms with Gasteiger partial charge in [-0.1, -0.05) is 6.92 Å². The summed E-state index contributed by atoms with van der Waals surface area (Å²) in [6, 6.07) is 0. The minimum Gasteiger partial charge on any atom is -0.354 e. The van der Waals surface area contributed by atoms with Crippen molar-refractivity contribution in [2.75, 3.05) is 6.54 Å². The van der Waals surface area contributed by atoms with Crippen molar-refractivity contribution in [2.45, 2.75) is 38.8 Å². The molecule has 90 valence electrons. The predicted octanol–water partition coefficient (Wildman–Crippen LogP) is 0.517. The molecule has 1 aromatic rings. The molecule has 1 unspecified atom stereocenters. The second-order valence-corrected chi connectivity index (χ2v) is 4.18. The smallest absolute Gasteiger partial charge is 0.239 e. The van der Waals surface area contributed by atoms with E-state index in [2.05, 4.69) is 10.3 Å². The molecule has 5 nitrogen and oxygen atoms in total. The monoisotopic (exact) mass is 224 g/mol. The van der Waals surface area contributed by atoms with E-state index in [1.807, 2.05) is 17.7 Å². The summed E-state index contributed by atoms with van der Waals surface area (Å²) in [6.45, 7) is 5.15. The number of nitrogens with two attached hydrogens (primary N) is 1. The van der Waals surface area contributed by atoms with Crippen LogP contribution >= 0.6 is 0 Å². The van der Waals surface area contributed by atoms with Gasteiger partial charge in [-0.25, -0.2) is 4.98 Å². The highest BCUT2D eigenvalue weighted by Gasteiger charge is 2.24. The van der Waals surface area contributed by atoms with Crippen LogP contribution in [0.15, 0.2) is 18.7 Å². The van der Waals surface area contributed by atoms with Gasteiger partial charge < -0.3 is 15.6 Å². The van der Waals surface area contributed by atoms with Gasteiger partial charge in [0.2, 0.25) is 5.91 Å². The van der Waals surface area contributed by atoms with Crippen molar-refractivity contribution in [1.82, 2.24) is 14.9 Å². The van der Waals surface area contributed by atoms with Crippen molar-refractivity contribution < 1.29 is 4.79 Å². The number of rotatable bonds is 6. The topological polar surface area (TPSA) is 72.9 Å². The second-order valence-electron chi connectivity index (χ2n) is 4.18. The molecule has 1 aromatic heterocycles. The quantitative estimate of drug-likeness (QED) is 0.692. The number of amides is 1. The second kappa shape index (κ2) is 5.65. The molecule has 0 spiro atoms. The molecule has 0 bridgehead atoms. The summed E-state index contributed by atoms with van der Waals surface area (Å²) in [5, 5.41) is 2.84. The average molecular weight is 224 g/mol. The highest BCUT2D eigenvalue weighted by molar-refractivity contribution is 5.85. The minimum atomic E-state index is -0.755. The van der Waals surface area contributed by atoms with E-state index < -0.39 is 5.54 Å². The van der Waals surface area contributed by atoms with Crippen LogP contribution in [0, 0.1) is 0 Å². The molecular formula is C11H20N4O. The lowest BCUT2D eigenvalue weighted by Gasteiger charge is -2.21. The van der Waals surface area contributed by atoms with Crippen LogP contribution in [0.4, 0.5) is 0 Å². The predicted molar refractivity (Wildman–Crippen MR) is 62.7 cm³/mol. The summed E-state index contributed by atoms with van der Waals surface area (Å²) < 4.78 is 1.98. The number of aryl methyl sites for hydroxylation is 1. The van der Waals surface area contributed by atoms with Crippen molar-refractivity contribution in [3.05, 3.63) is 18.7 Å². The van der Waals surface area contributed by atoms with E-state index in [0.717, 1.165) is 13.0 Å². The lowest BCUT2D eigenvalue weighted by molar-refractivity contribution is -0.125. The Kier molecular flexibility index (Phi) is 4.49. The Labute approximate surface area is 96.0 Å². The van der Waals surface area contributed by atoms with Gasteiger partial charge in [-0.3, -0.25) is 4.79 Å². The third-order valence-corrected chi connectivity index (χ3v) is 2.69. The Morgan fingerprint density at radius 3 is 2.94 bits per heavy atom. The standard InChI is InChI=1S/C11H20N4O/c1-3-11(2,12)10(16)14-5-4-7-15-8-6-13-9-15/h6,8-9H,3-5,7,12H2,1-2H3,(H,14,16). The number of nitrogens with one attached hydrogen (secondary N) is 1. The summed E-state index contributed by atoms with van der Waals surface area (Å²) in [7, 11) is 0. The summed E-state index contributed by atoms with van der Waals surface area (Å²) in [5.41, 5.74) is 5.05. The summed E-state index contributed by atoms with van der Waals surface area (Å²) in [5.74, 6) is -0.0827. The van der Waals surface area contributed by atoms with Gasteiger partial charge in [0.15, 0.2) is 0 Å². The van der Waals surface area contributed by atoms with Gasteiger partial charge in [0, 0.05) is 25.5 Å². The maximum atomic E-state index is 11.6. The molecule has 1 atom stereocenters. The third kappa shape index (κ3) is 3.66. The molecule has 5 heteroatoms. The zero-order valence-electron chi connectivity index (χ0n) is 9.94. The van der Waals surface area contributed by atoms with Crippen LogP contribution in [-0.4, -0.2) is 27.5 Å². The Morgan fingerprint density at radius 2 is 2.38 bits per heavy atom. The molecule has 0 radical (unpaired) electrons. The van der Waals surface area contributed by atoms with Crippen LogP contribution < -0.4 is 11.1 Å². The number of carbonyl (C=O) groups excluding carboxylic acids is 1. The van der Waals surface area contributed by atoms with Crippen LogP contribution in [0.2, 0.25) is 0 Å². The highest BCUT2D eigenvalue weighted by atomic mass is 16.2. The molecule has 0 aliphatic heterocycles. The van der Waals surface area contributed by atoms with E-state index in [-0.39, 0.29) is 5.91 Å². The molecule has 0 saturated heterocycles. The summed E-state index contributed by atoms with van der Waals surface area (Å²) >= 11 is 0. The SMILES string of the molecule is CCC(C)(N)C(=O)NCCCn1ccnc1. The largest absolute Gasteiger partial charge is 0.354 e. The van der Waals surface area contributed by atoms with Gasteiger partial charge in [-0.05, 0) is 19.8 Å². The average Bonchev–Trinajstić information content (AvgIpc) is 2.76. The zero-order chi connectivity index (χ0) is 12.0. The fourth-order valence-corrected chi connectivity index (χ4v) is 1.25. The summed E-state index contributed by atoms with van der Waals surface area (Å²) in [4.78, 5) is 15.5. The molecule has 0 fully saturated rings. The van der Waals surface area contributed by atoms with Gasteiger partial charge in [0.25, 0.3) is 0 Å². The minimum absolute atomic E-state index is 0.0827. The molecule has 0 aromatic carbocycles. The van der Waals surface area contributed by atoms with E-state index in [0.29, 0.717) is 13.0 Å². The first-order valence-electron chi connectivity index (χ1n) is 5.59. The van der Waals surface area contributed by atoms with Gasteiger partial charge in [0.05, 0.1) is 11.9 Å². The molecule has 1 rings (SSSR count). The Hall–Kier alpha value is -1.36. The molecule has 16 heavy (non-hydrogen) atoms. The Balaban J connectivity index is 2.18. The van der Waals surface area contributed by atoms with Gasteiger partial charge in [-0.15, -0.1) is 0 Å². The number of carbonyl (C=O) groups is 1. The normalized spacial score (nSPS) is 14.4. The van der Waals surface area contributed by atoms with Gasteiger partial charge in [0.1, 0.15) is 0 Å². The highest BCUT2D eigenvalue weighted by Crippen LogP contribution is 2.03. The van der Waals surface area contributed by atoms with Crippen LogP contribution in [0.1, 0.15) is 26.7 Å². The zero-order valence-corrected chi connectivity index (χ0v) is 9.94. The van der Waals surface area contributed by atoms with Crippen molar-refractivity contribution in [3.8, 4) is 0 Å². The molecule has 1 amide bonds. The van der Waals surface area contributed by atoms with Crippen LogP contribution in [-0.2, 0) is 11.3 Å². The maximum absolute atomic E-state index is 11.6. The van der Waals surface area contributed by atoms with Crippen molar-refractivity contribution >= 4 is 5.91 Å². The molecule has 0 aliphatic carbocycles. The fourth-order valence-electron chi connectivity index (χ4n) is 1.25. The molecular weight excluding hydrogens is 204 g/mol. The lowest BCUT2D eigenvalue weighted by atomic mass is 10.00. The van der Waals surface area contributed by atoms with E-state index in [4.69, 9.17) is 5.73 Å². The molecule has 0 aliphatic rings. The Bertz CT molecular complexity index is 319. The van der Waals surface area contributed by atoms with E-state index >= 15 is 0 Å². The molecule has 3 N–H and O–H groups in total. The summed E-state index contributed by atoms with van der Waals surface area (Å²) in [6.07, 6.45) is 6.93. The number of nitrogens with zero attached hydrogens (tertiary/aromatic N) is 2. The lowest BCUT2D eigenvalue weighted by Crippen LogP contribution is -2.51. The first-order chi connectivity index (χ1) is 7.56. The number of imidazole rings is 1. The van der Waals surface area contributed by atoms with E-state index in [1.54, 1.807) is 19.4 Å². The number of hydrogen-bond donors (Lipinski definition) is 2. The van der Waals surface area contributed by atoms with E-state index in [9.17, 15) is 4.79 Å². The van der Waals surface area contributed by atoms with Crippen LogP contribution in [0.25, 0.3) is 0 Å². The number of aromatic nitrogens is 2. The van der Waals surface area contributed by atoms with Crippen LogP contribution in [0.3, 0.4) is 0 Å². The molecule has 0 saturated carbocycles. The maximum Gasteiger partial charge on any atom is 0.239 e. The number of hydrogen-bond acceptors (Lipinski definition) is 3. The fraction of sp³-hybridized carbons (Fsp3) is 0.636.